The fraction of sp³-hybridized carbons (Fsp3) is 0.118. The number of fused-ring (bicyclic) bond motifs is 1. The van der Waals surface area contributed by atoms with E-state index in [-0.39, 0.29) is 28.1 Å². The number of ether oxygens (including phenoxy) is 3. The minimum atomic E-state index is -1.23. The van der Waals surface area contributed by atoms with Gasteiger partial charge in [0.25, 0.3) is 5.91 Å². The molecule has 0 aliphatic carbocycles. The summed E-state index contributed by atoms with van der Waals surface area (Å²) in [5, 5.41) is 20.7. The first-order valence-corrected chi connectivity index (χ1v) is 13.7. The average Bonchev–Trinajstić information content (AvgIpc) is 3.34. The number of nitrogens with one attached hydrogen (secondary N) is 1. The van der Waals surface area contributed by atoms with Crippen LogP contribution in [0.1, 0.15) is 52.7 Å². The number of nitrogens with two attached hydrogens (primary N) is 1. The first-order valence-electron chi connectivity index (χ1n) is 13.7. The molecule has 2 aromatic heterocycles. The van der Waals surface area contributed by atoms with Crippen molar-refractivity contribution in [1.29, 1.82) is 0 Å². The van der Waals surface area contributed by atoms with E-state index in [1.54, 1.807) is 66.1 Å². The summed E-state index contributed by atoms with van der Waals surface area (Å²) >= 11 is 0. The fourth-order valence-corrected chi connectivity index (χ4v) is 4.77. The number of methoxy groups -OCH3 is 3. The summed E-state index contributed by atoms with van der Waals surface area (Å²) in [5.41, 5.74) is 8.17. The number of hydrogen-bond acceptors (Lipinski definition) is 8. The summed E-state index contributed by atoms with van der Waals surface area (Å²) in [6, 6.07) is 20.7. The van der Waals surface area contributed by atoms with E-state index in [1.165, 1.54) is 51.7 Å². The zero-order valence-corrected chi connectivity index (χ0v) is 25.4. The third-order valence-corrected chi connectivity index (χ3v) is 7.03. The number of carbonyl (C=O) groups excluding carboxylic acids is 2. The van der Waals surface area contributed by atoms with E-state index in [4.69, 9.17) is 25.1 Å². The molecule has 0 saturated carbocycles. The van der Waals surface area contributed by atoms with Gasteiger partial charge in [0, 0.05) is 28.6 Å². The monoisotopic (exact) mass is 625 g/mol. The lowest BCUT2D eigenvalue weighted by molar-refractivity contribution is 0.0686. The number of rotatable bonds is 9. The van der Waals surface area contributed by atoms with Gasteiger partial charge in [0.15, 0.2) is 11.5 Å². The molecule has 1 amide bonds. The molecule has 0 bridgehead atoms. The summed E-state index contributed by atoms with van der Waals surface area (Å²) in [6.45, 7) is 1.71. The number of amides is 1. The van der Waals surface area contributed by atoms with Crippen LogP contribution >= 0.6 is 0 Å². The Morgan fingerprint density at radius 2 is 1.37 bits per heavy atom. The van der Waals surface area contributed by atoms with Crippen LogP contribution in [0.3, 0.4) is 0 Å². The van der Waals surface area contributed by atoms with Crippen LogP contribution < -0.4 is 25.3 Å². The highest BCUT2D eigenvalue weighted by Crippen LogP contribution is 2.39. The Balaban J connectivity index is 0.000000459. The molecule has 0 aliphatic rings. The number of nitrogen functional groups attached to an aromatic ring is 1. The quantitative estimate of drug-likeness (QED) is 0.122. The van der Waals surface area contributed by atoms with Gasteiger partial charge in [-0.3, -0.25) is 9.59 Å². The number of aromatic nitrogens is 1. The summed E-state index contributed by atoms with van der Waals surface area (Å²) in [6.07, 6.45) is 1.69. The van der Waals surface area contributed by atoms with Crippen molar-refractivity contribution in [3.63, 3.8) is 0 Å². The smallest absolute Gasteiger partial charge is 0.337 e. The molecule has 46 heavy (non-hydrogen) atoms. The first-order chi connectivity index (χ1) is 22.0. The highest BCUT2D eigenvalue weighted by Gasteiger charge is 2.25. The predicted molar refractivity (Wildman–Crippen MR) is 171 cm³/mol. The van der Waals surface area contributed by atoms with Gasteiger partial charge in [0.05, 0.1) is 49.4 Å². The van der Waals surface area contributed by atoms with Gasteiger partial charge in [0.2, 0.25) is 11.5 Å². The average molecular weight is 626 g/mol. The van der Waals surface area contributed by atoms with Gasteiger partial charge in [-0.05, 0) is 61.5 Å². The standard InChI is InChI=1S/C27H25N3O7.C7H6O2/c1-14-22(29-26(32)16-12-20(35-2)25(37-4)21(13-16)36-3)19-7-5-6-10-30(19)23(14)24(31)15-8-9-18(28)17(11-15)27(33)34;8-7(9)6-4-2-1-3-5-6/h5-13H,28H2,1-4H3,(H,29,32)(H,33,34);1-5H,(H,8,9). The number of nitrogens with zero attached hydrogens (tertiary/aromatic N) is 1. The number of carbonyl (C=O) groups is 4. The van der Waals surface area contributed by atoms with Gasteiger partial charge in [0.1, 0.15) is 0 Å². The Morgan fingerprint density at radius 1 is 0.739 bits per heavy atom. The molecule has 12 nitrogen and oxygen atoms in total. The maximum Gasteiger partial charge on any atom is 0.337 e. The lowest BCUT2D eigenvalue weighted by atomic mass is 10.0. The molecule has 3 aromatic carbocycles. The summed E-state index contributed by atoms with van der Waals surface area (Å²) in [7, 11) is 4.38. The molecule has 0 aliphatic heterocycles. The molecule has 0 saturated heterocycles. The minimum Gasteiger partial charge on any atom is -0.493 e. The van der Waals surface area contributed by atoms with E-state index in [9.17, 15) is 24.3 Å². The Hall–Kier alpha value is -6.30. The van der Waals surface area contributed by atoms with Crippen molar-refractivity contribution >= 4 is 40.5 Å². The zero-order chi connectivity index (χ0) is 33.5. The highest BCUT2D eigenvalue weighted by molar-refractivity contribution is 6.15. The number of benzene rings is 3. The van der Waals surface area contributed by atoms with Crippen molar-refractivity contribution in [2.24, 2.45) is 0 Å². The molecule has 0 fully saturated rings. The van der Waals surface area contributed by atoms with Crippen molar-refractivity contribution in [3.05, 3.63) is 119 Å². The van der Waals surface area contributed by atoms with E-state index in [2.05, 4.69) is 5.32 Å². The molecular formula is C34H31N3O9. The van der Waals surface area contributed by atoms with Crippen molar-refractivity contribution in [2.75, 3.05) is 32.4 Å². The second-order valence-corrected chi connectivity index (χ2v) is 9.78. The first kappa shape index (κ1) is 32.6. The second kappa shape index (κ2) is 14.0. The van der Waals surface area contributed by atoms with E-state index < -0.39 is 23.6 Å². The second-order valence-electron chi connectivity index (χ2n) is 9.78. The summed E-state index contributed by atoms with van der Waals surface area (Å²) in [5.74, 6) is -2.01. The Morgan fingerprint density at radius 3 is 1.91 bits per heavy atom. The third-order valence-electron chi connectivity index (χ3n) is 7.03. The molecule has 0 atom stereocenters. The number of ketones is 1. The molecule has 12 heteroatoms. The molecule has 5 N–H and O–H groups in total. The van der Waals surface area contributed by atoms with E-state index in [1.807, 2.05) is 0 Å². The maximum absolute atomic E-state index is 13.6. The van der Waals surface area contributed by atoms with Crippen molar-refractivity contribution < 1.29 is 43.6 Å². The van der Waals surface area contributed by atoms with E-state index in [0.717, 1.165) is 0 Å². The fourth-order valence-electron chi connectivity index (χ4n) is 4.77. The van der Waals surface area contributed by atoms with Crippen LogP contribution in [0.25, 0.3) is 5.52 Å². The van der Waals surface area contributed by atoms with Crippen LogP contribution in [-0.4, -0.2) is 59.6 Å². The lowest BCUT2D eigenvalue weighted by Gasteiger charge is -2.14. The Bertz CT molecular complexity index is 1920. The molecule has 5 aromatic rings. The number of carboxylic acid groups (broad SMARTS) is 2. The molecule has 236 valence electrons. The number of aromatic carboxylic acids is 2. The molecule has 5 rings (SSSR count). The third kappa shape index (κ3) is 6.60. The topological polar surface area (TPSA) is 179 Å². The van der Waals surface area contributed by atoms with Gasteiger partial charge >= 0.3 is 11.9 Å². The van der Waals surface area contributed by atoms with Gasteiger partial charge < -0.3 is 39.9 Å². The van der Waals surface area contributed by atoms with Gasteiger partial charge in [-0.25, -0.2) is 9.59 Å². The summed E-state index contributed by atoms with van der Waals surface area (Å²) in [4.78, 5) is 48.6. The number of carboxylic acids is 2. The molecule has 0 radical (unpaired) electrons. The molecular weight excluding hydrogens is 594 g/mol. The van der Waals surface area contributed by atoms with Crippen molar-refractivity contribution in [1.82, 2.24) is 4.40 Å². The lowest BCUT2D eigenvalue weighted by Crippen LogP contribution is -2.13. The minimum absolute atomic E-state index is 0.0547. The van der Waals surface area contributed by atoms with Crippen LogP contribution in [0.5, 0.6) is 17.2 Å². The maximum atomic E-state index is 13.6. The SMILES string of the molecule is COc1cc(C(=O)Nc2c(C)c(C(=O)c3ccc(N)c(C(=O)O)c3)n3ccccc23)cc(OC)c1OC.O=C(O)c1ccccc1. The van der Waals surface area contributed by atoms with Crippen LogP contribution in [0.2, 0.25) is 0 Å². The highest BCUT2D eigenvalue weighted by atomic mass is 16.5. The number of hydrogen-bond donors (Lipinski definition) is 4. The van der Waals surface area contributed by atoms with Crippen LogP contribution in [0.15, 0.2) is 85.1 Å². The molecule has 0 unspecified atom stereocenters. The normalized spacial score (nSPS) is 10.3. The van der Waals surface area contributed by atoms with Crippen LogP contribution in [-0.2, 0) is 0 Å². The van der Waals surface area contributed by atoms with Gasteiger partial charge in [-0.2, -0.15) is 0 Å². The predicted octanol–water partition coefficient (Wildman–Crippen LogP) is 5.42. The largest absolute Gasteiger partial charge is 0.493 e. The Kier molecular flexibility index (Phi) is 9.92. The van der Waals surface area contributed by atoms with E-state index >= 15 is 0 Å². The number of pyridine rings is 1. The molecule has 0 spiro atoms. The zero-order valence-electron chi connectivity index (χ0n) is 25.4. The van der Waals surface area contributed by atoms with Crippen LogP contribution in [0, 0.1) is 6.92 Å². The van der Waals surface area contributed by atoms with Gasteiger partial charge in [-0.1, -0.05) is 24.3 Å². The molecule has 2 heterocycles. The van der Waals surface area contributed by atoms with Crippen molar-refractivity contribution in [2.45, 2.75) is 6.92 Å². The van der Waals surface area contributed by atoms with Crippen LogP contribution in [0.4, 0.5) is 11.4 Å². The summed E-state index contributed by atoms with van der Waals surface area (Å²) < 4.78 is 17.7. The van der Waals surface area contributed by atoms with Gasteiger partial charge in [-0.15, -0.1) is 0 Å². The van der Waals surface area contributed by atoms with E-state index in [0.29, 0.717) is 39.6 Å². The Labute approximate surface area is 263 Å². The number of anilines is 2. The van der Waals surface area contributed by atoms with Crippen molar-refractivity contribution in [3.8, 4) is 17.2 Å².